The van der Waals surface area contributed by atoms with Crippen molar-refractivity contribution < 1.29 is 9.59 Å². The molecule has 30 heavy (non-hydrogen) atoms. The van der Waals surface area contributed by atoms with Crippen LogP contribution in [0.5, 0.6) is 0 Å². The second-order valence-corrected chi connectivity index (χ2v) is 11.0. The highest BCUT2D eigenvalue weighted by Crippen LogP contribution is 2.26. The van der Waals surface area contributed by atoms with Crippen LogP contribution in [0.3, 0.4) is 0 Å². The standard InChI is InChI=1S/C25H45N3O2/c1-19(2)15-27(17-22-11-10-12-26(22)9)24(30)18-28(16-20(3)4)23(29)13-21(5)14-25(6,7)8/h10-12,19-21H,13-18H2,1-9H3. The molecule has 0 aromatic carbocycles. The Bertz CT molecular complexity index is 670. The molecule has 0 bridgehead atoms. The largest absolute Gasteiger partial charge is 0.353 e. The van der Waals surface area contributed by atoms with E-state index in [0.29, 0.717) is 43.8 Å². The van der Waals surface area contributed by atoms with Crippen molar-refractivity contribution in [1.29, 1.82) is 0 Å². The van der Waals surface area contributed by atoms with Crippen molar-refractivity contribution in [3.63, 3.8) is 0 Å². The van der Waals surface area contributed by atoms with Crippen LogP contribution in [0.15, 0.2) is 18.3 Å². The summed E-state index contributed by atoms with van der Waals surface area (Å²) in [6, 6.07) is 4.05. The highest BCUT2D eigenvalue weighted by Gasteiger charge is 2.25. The maximum absolute atomic E-state index is 13.2. The van der Waals surface area contributed by atoms with Crippen molar-refractivity contribution in [2.75, 3.05) is 19.6 Å². The third-order valence-corrected chi connectivity index (χ3v) is 5.09. The van der Waals surface area contributed by atoms with Crippen molar-refractivity contribution in [2.24, 2.45) is 30.2 Å². The van der Waals surface area contributed by atoms with Gasteiger partial charge in [0.05, 0.1) is 13.1 Å². The molecule has 5 nitrogen and oxygen atoms in total. The van der Waals surface area contributed by atoms with Gasteiger partial charge < -0.3 is 14.4 Å². The molecule has 0 radical (unpaired) electrons. The minimum absolute atomic E-state index is 0.0300. The Balaban J connectivity index is 2.89. The second kappa shape index (κ2) is 11.6. The topological polar surface area (TPSA) is 45.6 Å². The summed E-state index contributed by atoms with van der Waals surface area (Å²) in [5.74, 6) is 1.12. The third-order valence-electron chi connectivity index (χ3n) is 5.09. The highest BCUT2D eigenvalue weighted by atomic mass is 16.2. The minimum Gasteiger partial charge on any atom is -0.353 e. The van der Waals surface area contributed by atoms with Crippen molar-refractivity contribution >= 4 is 11.8 Å². The monoisotopic (exact) mass is 419 g/mol. The molecule has 0 saturated heterocycles. The van der Waals surface area contributed by atoms with Crippen molar-refractivity contribution in [3.05, 3.63) is 24.0 Å². The number of amides is 2. The molecule has 0 fully saturated rings. The van der Waals surface area contributed by atoms with Gasteiger partial charge in [0.25, 0.3) is 0 Å². The van der Waals surface area contributed by atoms with Gasteiger partial charge in [0.15, 0.2) is 0 Å². The van der Waals surface area contributed by atoms with Gasteiger partial charge in [0.2, 0.25) is 11.8 Å². The summed E-state index contributed by atoms with van der Waals surface area (Å²) >= 11 is 0. The Morgan fingerprint density at radius 3 is 2.00 bits per heavy atom. The van der Waals surface area contributed by atoms with Gasteiger partial charge in [0.1, 0.15) is 0 Å². The van der Waals surface area contributed by atoms with Crippen LogP contribution in [0.4, 0.5) is 0 Å². The molecule has 172 valence electrons. The third kappa shape index (κ3) is 9.82. The van der Waals surface area contributed by atoms with E-state index in [1.807, 2.05) is 34.8 Å². The zero-order valence-corrected chi connectivity index (χ0v) is 20.9. The van der Waals surface area contributed by atoms with Crippen LogP contribution in [0.1, 0.15) is 73.9 Å². The first-order valence-electron chi connectivity index (χ1n) is 11.4. The van der Waals surface area contributed by atoms with E-state index in [0.717, 1.165) is 12.1 Å². The predicted molar refractivity (Wildman–Crippen MR) is 125 cm³/mol. The van der Waals surface area contributed by atoms with E-state index < -0.39 is 0 Å². The SMILES string of the molecule is CC(C)CN(CC(=O)N(Cc1cccn1C)CC(C)C)C(=O)CC(C)CC(C)(C)C. The molecule has 1 unspecified atom stereocenters. The van der Waals surface area contributed by atoms with Gasteiger partial charge in [-0.1, -0.05) is 55.4 Å². The lowest BCUT2D eigenvalue weighted by atomic mass is 9.84. The van der Waals surface area contributed by atoms with E-state index in [1.165, 1.54) is 0 Å². The fourth-order valence-electron chi connectivity index (χ4n) is 4.05. The number of carbonyl (C=O) groups excluding carboxylic acids is 2. The number of carbonyl (C=O) groups is 2. The van der Waals surface area contributed by atoms with E-state index in [2.05, 4.69) is 55.4 Å². The highest BCUT2D eigenvalue weighted by molar-refractivity contribution is 5.85. The van der Waals surface area contributed by atoms with E-state index in [1.54, 1.807) is 4.90 Å². The van der Waals surface area contributed by atoms with Crippen LogP contribution < -0.4 is 0 Å². The van der Waals surface area contributed by atoms with Crippen LogP contribution in [0.25, 0.3) is 0 Å². The minimum atomic E-state index is 0.0300. The molecule has 0 aliphatic heterocycles. The van der Waals surface area contributed by atoms with Gasteiger partial charge in [-0.15, -0.1) is 0 Å². The summed E-state index contributed by atoms with van der Waals surface area (Å²) in [6.07, 6.45) is 3.49. The molecule has 0 aliphatic rings. The summed E-state index contributed by atoms with van der Waals surface area (Å²) < 4.78 is 2.05. The average Bonchev–Trinajstić information content (AvgIpc) is 2.95. The number of aromatic nitrogens is 1. The molecular formula is C25H45N3O2. The Kier molecular flexibility index (Phi) is 10.1. The molecule has 1 aromatic heterocycles. The number of hydrogen-bond acceptors (Lipinski definition) is 2. The molecule has 0 N–H and O–H groups in total. The number of aryl methyl sites for hydroxylation is 1. The molecule has 5 heteroatoms. The molecule has 0 aliphatic carbocycles. The fraction of sp³-hybridized carbons (Fsp3) is 0.760. The summed E-state index contributed by atoms with van der Waals surface area (Å²) in [5.41, 5.74) is 1.30. The van der Waals surface area contributed by atoms with Gasteiger partial charge in [-0.3, -0.25) is 9.59 Å². The summed E-state index contributed by atoms with van der Waals surface area (Å²) in [5, 5.41) is 0. The van der Waals surface area contributed by atoms with E-state index in [9.17, 15) is 9.59 Å². The van der Waals surface area contributed by atoms with Crippen molar-refractivity contribution in [2.45, 2.75) is 74.8 Å². The average molecular weight is 420 g/mol. The second-order valence-electron chi connectivity index (χ2n) is 11.0. The number of hydrogen-bond donors (Lipinski definition) is 0. The first-order valence-corrected chi connectivity index (χ1v) is 11.4. The van der Waals surface area contributed by atoms with Crippen LogP contribution >= 0.6 is 0 Å². The Hall–Kier alpha value is -1.78. The van der Waals surface area contributed by atoms with Gasteiger partial charge in [-0.05, 0) is 41.7 Å². The molecule has 2 amide bonds. The zero-order valence-electron chi connectivity index (χ0n) is 20.9. The van der Waals surface area contributed by atoms with Crippen LogP contribution in [-0.2, 0) is 23.2 Å². The zero-order chi connectivity index (χ0) is 23.1. The summed E-state index contributed by atoms with van der Waals surface area (Å²) in [6.45, 7) is 19.2. The van der Waals surface area contributed by atoms with Crippen molar-refractivity contribution in [3.8, 4) is 0 Å². The lowest BCUT2D eigenvalue weighted by molar-refractivity contribution is -0.142. The van der Waals surface area contributed by atoms with Gasteiger partial charge in [0, 0.05) is 38.4 Å². The normalized spacial score (nSPS) is 13.0. The first kappa shape index (κ1) is 26.3. The lowest BCUT2D eigenvalue weighted by Crippen LogP contribution is -2.45. The molecule has 1 heterocycles. The molecule has 1 aromatic rings. The Morgan fingerprint density at radius 1 is 0.967 bits per heavy atom. The van der Waals surface area contributed by atoms with Crippen molar-refractivity contribution in [1.82, 2.24) is 14.4 Å². The van der Waals surface area contributed by atoms with Crippen LogP contribution in [-0.4, -0.2) is 45.8 Å². The van der Waals surface area contributed by atoms with Gasteiger partial charge in [-0.2, -0.15) is 0 Å². The Labute approximate surface area is 184 Å². The Morgan fingerprint density at radius 2 is 1.53 bits per heavy atom. The van der Waals surface area contributed by atoms with E-state index in [4.69, 9.17) is 0 Å². The molecule has 0 saturated carbocycles. The lowest BCUT2D eigenvalue weighted by Gasteiger charge is -2.31. The number of nitrogens with zero attached hydrogens (tertiary/aromatic N) is 3. The molecular weight excluding hydrogens is 374 g/mol. The van der Waals surface area contributed by atoms with Gasteiger partial charge >= 0.3 is 0 Å². The van der Waals surface area contributed by atoms with Crippen LogP contribution in [0.2, 0.25) is 0 Å². The summed E-state index contributed by atoms with van der Waals surface area (Å²) in [7, 11) is 2.00. The molecule has 1 atom stereocenters. The quantitative estimate of drug-likeness (QED) is 0.509. The number of rotatable bonds is 11. The molecule has 1 rings (SSSR count). The maximum Gasteiger partial charge on any atom is 0.242 e. The maximum atomic E-state index is 13.2. The van der Waals surface area contributed by atoms with E-state index >= 15 is 0 Å². The first-order chi connectivity index (χ1) is 13.8. The van der Waals surface area contributed by atoms with Gasteiger partial charge in [-0.25, -0.2) is 0 Å². The molecule has 0 spiro atoms. The fourth-order valence-corrected chi connectivity index (χ4v) is 4.05. The smallest absolute Gasteiger partial charge is 0.242 e. The summed E-state index contributed by atoms with van der Waals surface area (Å²) in [4.78, 5) is 30.0. The predicted octanol–water partition coefficient (Wildman–Crippen LogP) is 4.96. The van der Waals surface area contributed by atoms with Crippen LogP contribution in [0, 0.1) is 23.2 Å². The van der Waals surface area contributed by atoms with E-state index in [-0.39, 0.29) is 23.8 Å².